The Morgan fingerprint density at radius 2 is 1.95 bits per heavy atom. The molecule has 0 aliphatic rings. The minimum atomic E-state index is -3.64. The Labute approximate surface area is 117 Å². The van der Waals surface area contributed by atoms with Crippen LogP contribution in [0.3, 0.4) is 0 Å². The zero-order valence-corrected chi connectivity index (χ0v) is 12.1. The van der Waals surface area contributed by atoms with E-state index in [4.69, 9.17) is 0 Å². The van der Waals surface area contributed by atoms with Crippen molar-refractivity contribution in [3.05, 3.63) is 47.5 Å². The van der Waals surface area contributed by atoms with Crippen molar-refractivity contribution in [3.63, 3.8) is 0 Å². The number of aryl methyl sites for hydroxylation is 2. The lowest BCUT2D eigenvalue weighted by atomic mass is 10.3. The number of nitrogens with zero attached hydrogens (tertiary/aromatic N) is 2. The summed E-state index contributed by atoms with van der Waals surface area (Å²) in [6, 6.07) is 4.71. The van der Waals surface area contributed by atoms with Crippen LogP contribution in [0.4, 0.5) is 4.39 Å². The van der Waals surface area contributed by atoms with Gasteiger partial charge < -0.3 is 0 Å². The fourth-order valence-corrected chi connectivity index (χ4v) is 2.77. The first-order chi connectivity index (χ1) is 9.42. The second-order valence-electron chi connectivity index (χ2n) is 4.37. The number of halogens is 1. The van der Waals surface area contributed by atoms with Crippen LogP contribution in [0, 0.1) is 12.7 Å². The fourth-order valence-electron chi connectivity index (χ4n) is 1.76. The van der Waals surface area contributed by atoms with Gasteiger partial charge in [-0.15, -0.1) is 0 Å². The molecule has 0 aliphatic carbocycles. The molecule has 5 nitrogen and oxygen atoms in total. The molecule has 1 aromatic carbocycles. The van der Waals surface area contributed by atoms with E-state index < -0.39 is 15.8 Å². The second-order valence-corrected chi connectivity index (χ2v) is 6.14. The highest BCUT2D eigenvalue weighted by atomic mass is 32.2. The Balaban J connectivity index is 2.12. The monoisotopic (exact) mass is 297 g/mol. The van der Waals surface area contributed by atoms with E-state index in [9.17, 15) is 12.8 Å². The van der Waals surface area contributed by atoms with Gasteiger partial charge in [-0.25, -0.2) is 17.5 Å². The summed E-state index contributed by atoms with van der Waals surface area (Å²) in [6.07, 6.45) is 1.81. The van der Waals surface area contributed by atoms with Crippen molar-refractivity contribution in [1.29, 1.82) is 0 Å². The molecule has 0 unspecified atom stereocenters. The Kier molecular flexibility index (Phi) is 4.20. The van der Waals surface area contributed by atoms with Gasteiger partial charge in [0.1, 0.15) is 5.82 Å². The molecule has 0 fully saturated rings. The van der Waals surface area contributed by atoms with E-state index in [0.717, 1.165) is 29.9 Å². The van der Waals surface area contributed by atoms with Gasteiger partial charge >= 0.3 is 0 Å². The number of sulfonamides is 1. The van der Waals surface area contributed by atoms with Gasteiger partial charge in [-0.3, -0.25) is 4.68 Å². The Hall–Kier alpha value is -1.73. The van der Waals surface area contributed by atoms with Gasteiger partial charge in [-0.05, 0) is 38.1 Å². The Bertz CT molecular complexity index is 693. The van der Waals surface area contributed by atoms with Gasteiger partial charge in [0.05, 0.1) is 10.6 Å². The van der Waals surface area contributed by atoms with E-state index in [1.165, 1.54) is 12.1 Å². The van der Waals surface area contributed by atoms with Crippen molar-refractivity contribution >= 4 is 10.0 Å². The molecule has 0 radical (unpaired) electrons. The summed E-state index contributed by atoms with van der Waals surface area (Å²) in [6.45, 7) is 4.67. The average Bonchev–Trinajstić information content (AvgIpc) is 2.78. The topological polar surface area (TPSA) is 64.0 Å². The molecule has 0 bridgehead atoms. The van der Waals surface area contributed by atoms with E-state index in [2.05, 4.69) is 9.82 Å². The molecule has 0 saturated carbocycles. The summed E-state index contributed by atoms with van der Waals surface area (Å²) in [5.74, 6) is -0.469. The molecule has 0 saturated heterocycles. The van der Waals surface area contributed by atoms with Gasteiger partial charge in [0.25, 0.3) is 0 Å². The molecular weight excluding hydrogens is 281 g/mol. The van der Waals surface area contributed by atoms with E-state index >= 15 is 0 Å². The number of nitrogens with one attached hydrogen (secondary N) is 1. The highest BCUT2D eigenvalue weighted by Gasteiger charge is 2.15. The zero-order valence-electron chi connectivity index (χ0n) is 11.3. The summed E-state index contributed by atoms with van der Waals surface area (Å²) in [7, 11) is -3.64. The quantitative estimate of drug-likeness (QED) is 0.915. The molecule has 2 rings (SSSR count). The lowest BCUT2D eigenvalue weighted by Gasteiger charge is -2.06. The van der Waals surface area contributed by atoms with Crippen LogP contribution >= 0.6 is 0 Å². The molecular formula is C13H16FN3O2S. The van der Waals surface area contributed by atoms with Crippen molar-refractivity contribution in [1.82, 2.24) is 14.5 Å². The summed E-state index contributed by atoms with van der Waals surface area (Å²) >= 11 is 0. The normalized spacial score (nSPS) is 11.8. The number of benzene rings is 1. The van der Waals surface area contributed by atoms with Crippen LogP contribution in [-0.2, 0) is 23.1 Å². The Morgan fingerprint density at radius 3 is 2.50 bits per heavy atom. The van der Waals surface area contributed by atoms with Crippen LogP contribution in [0.1, 0.15) is 18.2 Å². The first kappa shape index (κ1) is 14.7. The van der Waals surface area contributed by atoms with Gasteiger partial charge in [-0.2, -0.15) is 5.10 Å². The van der Waals surface area contributed by atoms with Gasteiger partial charge in [-0.1, -0.05) is 0 Å². The number of hydrogen-bond acceptors (Lipinski definition) is 3. The maximum absolute atomic E-state index is 12.8. The third-order valence-electron chi connectivity index (χ3n) is 2.95. The van der Waals surface area contributed by atoms with Crippen LogP contribution in [-0.4, -0.2) is 18.2 Å². The number of hydrogen-bond donors (Lipinski definition) is 1. The molecule has 108 valence electrons. The molecule has 2 aromatic rings. The van der Waals surface area contributed by atoms with Gasteiger partial charge in [0.15, 0.2) is 0 Å². The highest BCUT2D eigenvalue weighted by molar-refractivity contribution is 7.89. The molecule has 20 heavy (non-hydrogen) atoms. The number of rotatable bonds is 5. The van der Waals surface area contributed by atoms with E-state index in [0.29, 0.717) is 0 Å². The van der Waals surface area contributed by atoms with Crippen molar-refractivity contribution in [2.24, 2.45) is 0 Å². The van der Waals surface area contributed by atoms with E-state index in [1.54, 1.807) is 4.68 Å². The van der Waals surface area contributed by atoms with Crippen molar-refractivity contribution in [2.45, 2.75) is 31.8 Å². The fraction of sp³-hybridized carbons (Fsp3) is 0.308. The van der Waals surface area contributed by atoms with Crippen LogP contribution in [0.15, 0.2) is 35.4 Å². The second kappa shape index (κ2) is 5.72. The predicted molar refractivity (Wildman–Crippen MR) is 73.1 cm³/mol. The largest absolute Gasteiger partial charge is 0.272 e. The summed E-state index contributed by atoms with van der Waals surface area (Å²) in [5.41, 5.74) is 1.60. The molecule has 0 atom stereocenters. The van der Waals surface area contributed by atoms with Crippen molar-refractivity contribution in [3.8, 4) is 0 Å². The molecule has 0 amide bonds. The SMILES string of the molecule is CCn1cc(CNS(=O)(=O)c2ccc(F)cc2)c(C)n1. The molecule has 0 aliphatic heterocycles. The summed E-state index contributed by atoms with van der Waals surface area (Å²) < 4.78 is 41.1. The highest BCUT2D eigenvalue weighted by Crippen LogP contribution is 2.11. The molecule has 1 N–H and O–H groups in total. The van der Waals surface area contributed by atoms with Crippen molar-refractivity contribution < 1.29 is 12.8 Å². The Morgan fingerprint density at radius 1 is 1.30 bits per heavy atom. The lowest BCUT2D eigenvalue weighted by molar-refractivity contribution is 0.580. The van der Waals surface area contributed by atoms with Crippen LogP contribution in [0.25, 0.3) is 0 Å². The third-order valence-corrected chi connectivity index (χ3v) is 4.37. The standard InChI is InChI=1S/C13H16FN3O2S/c1-3-17-9-11(10(2)16-17)8-15-20(18,19)13-6-4-12(14)5-7-13/h4-7,9,15H,3,8H2,1-2H3. The first-order valence-electron chi connectivity index (χ1n) is 6.20. The zero-order chi connectivity index (χ0) is 14.8. The van der Waals surface area contributed by atoms with E-state index in [-0.39, 0.29) is 11.4 Å². The lowest BCUT2D eigenvalue weighted by Crippen LogP contribution is -2.23. The van der Waals surface area contributed by atoms with E-state index in [1.807, 2.05) is 20.0 Å². The first-order valence-corrected chi connectivity index (χ1v) is 7.69. The third kappa shape index (κ3) is 3.23. The van der Waals surface area contributed by atoms with Crippen LogP contribution in [0.5, 0.6) is 0 Å². The maximum atomic E-state index is 12.8. The van der Waals surface area contributed by atoms with Gasteiger partial charge in [0.2, 0.25) is 10.0 Å². The van der Waals surface area contributed by atoms with Gasteiger partial charge in [0, 0.05) is 24.8 Å². The minimum Gasteiger partial charge on any atom is -0.272 e. The van der Waals surface area contributed by atoms with Crippen LogP contribution in [0.2, 0.25) is 0 Å². The van der Waals surface area contributed by atoms with Crippen LogP contribution < -0.4 is 4.72 Å². The molecule has 1 aromatic heterocycles. The summed E-state index contributed by atoms with van der Waals surface area (Å²) in [5, 5.41) is 4.25. The molecule has 0 spiro atoms. The molecule has 1 heterocycles. The minimum absolute atomic E-state index is 0.0411. The molecule has 7 heteroatoms. The predicted octanol–water partition coefficient (Wildman–Crippen LogP) is 1.83. The van der Waals surface area contributed by atoms with Crippen molar-refractivity contribution in [2.75, 3.05) is 0 Å². The maximum Gasteiger partial charge on any atom is 0.240 e. The average molecular weight is 297 g/mol. The summed E-state index contributed by atoms with van der Waals surface area (Å²) in [4.78, 5) is 0.0411. The number of aromatic nitrogens is 2. The smallest absolute Gasteiger partial charge is 0.240 e.